The first-order valence-electron chi connectivity index (χ1n) is 9.13. The Bertz CT molecular complexity index is 1150. The molecule has 0 saturated heterocycles. The Balaban J connectivity index is 1.98. The smallest absolute Gasteiger partial charge is 0.127 e. The number of halogens is 1. The van der Waals surface area contributed by atoms with Crippen LogP contribution >= 0.6 is 43.9 Å². The van der Waals surface area contributed by atoms with Gasteiger partial charge in [0.1, 0.15) is 9.04 Å². The normalized spacial score (nSPS) is 12.5. The predicted molar refractivity (Wildman–Crippen MR) is 134 cm³/mol. The Kier molecular flexibility index (Phi) is 5.87. The van der Waals surface area contributed by atoms with Crippen LogP contribution in [0.3, 0.4) is 0 Å². The number of anilines is 1. The molecule has 146 valence electrons. The molecule has 0 amide bonds. The molecule has 0 saturated carbocycles. The fraction of sp³-hybridized carbons (Fsp3) is 0.190. The third-order valence-electron chi connectivity index (χ3n) is 4.64. The zero-order chi connectivity index (χ0) is 19.7. The van der Waals surface area contributed by atoms with E-state index in [0.717, 1.165) is 49.0 Å². The van der Waals surface area contributed by atoms with Gasteiger partial charge in [0.25, 0.3) is 0 Å². The molecule has 3 nitrogen and oxygen atoms in total. The number of nitrogen functional groups attached to an aromatic ring is 1. The summed E-state index contributed by atoms with van der Waals surface area (Å²) in [6.07, 6.45) is 1.96. The summed E-state index contributed by atoms with van der Waals surface area (Å²) in [5.74, 6) is 0.680. The fourth-order valence-corrected chi connectivity index (χ4v) is 9.93. The van der Waals surface area contributed by atoms with Crippen molar-refractivity contribution in [2.45, 2.75) is 24.0 Å². The quantitative estimate of drug-likeness (QED) is 0.161. The summed E-state index contributed by atoms with van der Waals surface area (Å²) in [6, 6.07) is 16.5. The van der Waals surface area contributed by atoms with E-state index in [-0.39, 0.29) is 0 Å². The molecule has 7 heteroatoms. The molecule has 0 radical (unpaired) electrons. The molecular weight excluding hydrogens is 519 g/mol. The molecular formula is C21H21IN2OS3. The van der Waals surface area contributed by atoms with Crippen molar-refractivity contribution < 1.29 is 4.21 Å². The largest absolute Gasteiger partial charge is 0.397 e. The van der Waals surface area contributed by atoms with Crippen LogP contribution in [-0.2, 0) is 7.10 Å². The molecule has 0 aliphatic heterocycles. The monoisotopic (exact) mass is 540 g/mol. The molecule has 28 heavy (non-hydrogen) atoms. The van der Waals surface area contributed by atoms with Crippen LogP contribution in [0.25, 0.3) is 31.9 Å². The fourth-order valence-electron chi connectivity index (χ4n) is 3.22. The van der Waals surface area contributed by atoms with E-state index in [1.165, 1.54) is 11.3 Å². The number of pyridine rings is 1. The third kappa shape index (κ3) is 3.77. The number of nitrogens with zero attached hydrogens (tertiary/aromatic N) is 1. The number of nitrogens with two attached hydrogens (primary N) is 1. The van der Waals surface area contributed by atoms with Gasteiger partial charge in [0.2, 0.25) is 0 Å². The second kappa shape index (κ2) is 8.22. The summed E-state index contributed by atoms with van der Waals surface area (Å²) in [7, 11) is -2.53. The van der Waals surface area contributed by atoms with E-state index in [2.05, 4.69) is 57.8 Å². The molecule has 0 unspecified atom stereocenters. The van der Waals surface area contributed by atoms with Gasteiger partial charge in [-0.15, -0.1) is 22.7 Å². The first-order valence-corrected chi connectivity index (χ1v) is 15.5. The number of thiol groups is 1. The summed E-state index contributed by atoms with van der Waals surface area (Å²) in [5.41, 5.74) is 10.3. The number of benzene rings is 1. The molecule has 0 aliphatic rings. The molecule has 0 aliphatic carbocycles. The maximum Gasteiger partial charge on any atom is 0.127 e. The molecule has 2 N–H and O–H groups in total. The average molecular weight is 541 g/mol. The Morgan fingerprint density at radius 1 is 1.18 bits per heavy atom. The van der Waals surface area contributed by atoms with Gasteiger partial charge in [-0.05, 0) is 42.2 Å². The summed E-state index contributed by atoms with van der Waals surface area (Å²) in [4.78, 5) is 6.89. The van der Waals surface area contributed by atoms with Gasteiger partial charge in [-0.25, -0.2) is 4.98 Å². The van der Waals surface area contributed by atoms with Crippen LogP contribution in [0.1, 0.15) is 19.8 Å². The lowest BCUT2D eigenvalue weighted by Gasteiger charge is -2.15. The minimum atomic E-state index is -2.53. The highest BCUT2D eigenvalue weighted by Gasteiger charge is 2.25. The van der Waals surface area contributed by atoms with E-state index in [4.69, 9.17) is 10.7 Å². The zero-order valence-corrected chi connectivity index (χ0v) is 20.1. The lowest BCUT2D eigenvalue weighted by Crippen LogP contribution is -2.08. The average Bonchev–Trinajstić information content (AvgIpc) is 3.35. The standard InChI is InChI=1S/C21H21IN2OS3/c1-2-3-12-28(22,25)21-19(23)18-15(14-8-5-4-6-9-14)13-16(24-20(18)27-21)17-10-7-11-26-17/h4-11,13,28H,2-3,12,23H2,1H3. The van der Waals surface area contributed by atoms with Crippen molar-refractivity contribution in [1.29, 1.82) is 0 Å². The topological polar surface area (TPSA) is 56.0 Å². The van der Waals surface area contributed by atoms with Crippen LogP contribution in [0.2, 0.25) is 0 Å². The SMILES string of the molecule is CCCC[SH](=O)(I)c1sc2nc(-c3cccs3)cc(-c3ccccc3)c2c1N. The van der Waals surface area contributed by atoms with Gasteiger partial charge in [-0.2, -0.15) is 0 Å². The molecule has 1 aromatic carbocycles. The summed E-state index contributed by atoms with van der Waals surface area (Å²) >= 11 is 5.30. The van der Waals surface area contributed by atoms with Gasteiger partial charge in [0.15, 0.2) is 0 Å². The predicted octanol–water partition coefficient (Wildman–Crippen LogP) is 6.80. The number of rotatable bonds is 6. The number of hydrogen-bond donors (Lipinski definition) is 2. The van der Waals surface area contributed by atoms with Crippen molar-refractivity contribution in [3.63, 3.8) is 0 Å². The van der Waals surface area contributed by atoms with Crippen LogP contribution < -0.4 is 5.73 Å². The summed E-state index contributed by atoms with van der Waals surface area (Å²) < 4.78 is 14.2. The third-order valence-corrected chi connectivity index (χ3v) is 13.2. The van der Waals surface area contributed by atoms with Crippen LogP contribution in [-0.4, -0.2) is 14.9 Å². The zero-order valence-electron chi connectivity index (χ0n) is 15.4. The highest BCUT2D eigenvalue weighted by atomic mass is 127. The lowest BCUT2D eigenvalue weighted by atomic mass is 10.0. The molecule has 0 bridgehead atoms. The molecule has 4 aromatic rings. The van der Waals surface area contributed by atoms with Crippen LogP contribution in [0.4, 0.5) is 5.69 Å². The second-order valence-corrected chi connectivity index (χ2v) is 15.8. The number of aromatic nitrogens is 1. The van der Waals surface area contributed by atoms with Gasteiger partial charge >= 0.3 is 0 Å². The van der Waals surface area contributed by atoms with Crippen LogP contribution in [0.5, 0.6) is 0 Å². The molecule has 0 fully saturated rings. The Hall–Kier alpha value is -1.29. The summed E-state index contributed by atoms with van der Waals surface area (Å²) in [5, 5.41) is 2.99. The maximum atomic E-state index is 13.4. The Morgan fingerprint density at radius 3 is 2.64 bits per heavy atom. The van der Waals surface area contributed by atoms with Crippen LogP contribution in [0, 0.1) is 0 Å². The minimum absolute atomic E-state index is 0.637. The van der Waals surface area contributed by atoms with E-state index in [9.17, 15) is 4.21 Å². The first-order chi connectivity index (χ1) is 13.5. The van der Waals surface area contributed by atoms with Crippen molar-refractivity contribution >= 4 is 66.9 Å². The van der Waals surface area contributed by atoms with Crippen LogP contribution in [0.15, 0.2) is 58.1 Å². The van der Waals surface area contributed by atoms with Gasteiger partial charge in [0.05, 0.1) is 16.3 Å². The lowest BCUT2D eigenvalue weighted by molar-refractivity contribution is 0.680. The summed E-state index contributed by atoms with van der Waals surface area (Å²) in [6.45, 7) is 2.12. The molecule has 0 spiro atoms. The molecule has 3 heterocycles. The van der Waals surface area contributed by atoms with Gasteiger partial charge in [0, 0.05) is 32.3 Å². The number of hydrogen-bond acceptors (Lipinski definition) is 5. The van der Waals surface area contributed by atoms with Gasteiger partial charge < -0.3 is 5.73 Å². The van der Waals surface area contributed by atoms with Gasteiger partial charge in [-0.3, -0.25) is 4.21 Å². The van der Waals surface area contributed by atoms with E-state index >= 15 is 0 Å². The second-order valence-electron chi connectivity index (χ2n) is 6.63. The molecule has 4 rings (SSSR count). The minimum Gasteiger partial charge on any atom is -0.397 e. The van der Waals surface area contributed by atoms with Crippen molar-refractivity contribution in [3.8, 4) is 21.7 Å². The highest BCUT2D eigenvalue weighted by Crippen LogP contribution is 2.47. The number of fused-ring (bicyclic) bond motifs is 1. The Labute approximate surface area is 186 Å². The van der Waals surface area contributed by atoms with Gasteiger partial charge in [-0.1, -0.05) is 49.7 Å². The Morgan fingerprint density at radius 2 is 1.96 bits per heavy atom. The first kappa shape index (κ1) is 20.0. The van der Waals surface area contributed by atoms with Crippen molar-refractivity contribution in [3.05, 3.63) is 53.9 Å². The number of unbranched alkanes of at least 4 members (excludes halogenated alkanes) is 1. The maximum absolute atomic E-state index is 13.4. The van der Waals surface area contributed by atoms with Crippen molar-refractivity contribution in [2.75, 3.05) is 11.5 Å². The molecule has 0 atom stereocenters. The van der Waals surface area contributed by atoms with E-state index < -0.39 is 7.10 Å². The highest BCUT2D eigenvalue weighted by molar-refractivity contribution is 14.2. The van der Waals surface area contributed by atoms with Crippen molar-refractivity contribution in [2.24, 2.45) is 0 Å². The van der Waals surface area contributed by atoms with E-state index in [1.807, 2.05) is 24.3 Å². The number of thiophene rings is 2. The van der Waals surface area contributed by atoms with Crippen molar-refractivity contribution in [1.82, 2.24) is 4.98 Å². The van der Waals surface area contributed by atoms with E-state index in [1.54, 1.807) is 11.3 Å². The molecule has 3 aromatic heterocycles. The van der Waals surface area contributed by atoms with E-state index in [0.29, 0.717) is 11.4 Å².